The number of aromatic nitrogens is 1. The summed E-state index contributed by atoms with van der Waals surface area (Å²) in [4.78, 5) is 13.9. The van der Waals surface area contributed by atoms with Crippen LogP contribution in [0.2, 0.25) is 0 Å². The first-order valence-corrected chi connectivity index (χ1v) is 4.15. The first-order chi connectivity index (χ1) is 6.79. The van der Waals surface area contributed by atoms with Crippen molar-refractivity contribution in [1.29, 1.82) is 0 Å². The van der Waals surface area contributed by atoms with Crippen LogP contribution in [0.4, 0.5) is 0 Å². The van der Waals surface area contributed by atoms with Crippen LogP contribution in [0.5, 0.6) is 0 Å². The minimum absolute atomic E-state index is 0.300. The second-order valence-corrected chi connectivity index (χ2v) is 2.61. The highest BCUT2D eigenvalue weighted by Crippen LogP contribution is 1.98. The van der Waals surface area contributed by atoms with E-state index in [9.17, 15) is 4.79 Å². The van der Waals surface area contributed by atoms with Gasteiger partial charge >= 0.3 is 5.97 Å². The zero-order chi connectivity index (χ0) is 10.2. The zero-order valence-electron chi connectivity index (χ0n) is 7.59. The van der Waals surface area contributed by atoms with Crippen molar-refractivity contribution in [1.82, 2.24) is 4.98 Å². The first kappa shape index (κ1) is 10.4. The van der Waals surface area contributed by atoms with Crippen LogP contribution in [0.1, 0.15) is 5.56 Å². The molecule has 0 radical (unpaired) electrons. The average Bonchev–Trinajstić information content (AvgIpc) is 2.18. The Morgan fingerprint density at radius 2 is 2.21 bits per heavy atom. The third kappa shape index (κ3) is 4.37. The van der Waals surface area contributed by atoms with E-state index in [4.69, 9.17) is 9.84 Å². The summed E-state index contributed by atoms with van der Waals surface area (Å²) in [6, 6.07) is 3.70. The minimum atomic E-state index is -0.961. The molecule has 0 unspecified atom stereocenters. The number of pyridine rings is 1. The molecule has 1 heterocycles. The summed E-state index contributed by atoms with van der Waals surface area (Å²) >= 11 is 0. The van der Waals surface area contributed by atoms with Crippen molar-refractivity contribution < 1.29 is 14.6 Å². The Morgan fingerprint density at radius 1 is 1.50 bits per heavy atom. The van der Waals surface area contributed by atoms with Gasteiger partial charge in [0.05, 0.1) is 13.2 Å². The summed E-state index contributed by atoms with van der Waals surface area (Å²) in [7, 11) is 0. The molecule has 0 spiro atoms. The van der Waals surface area contributed by atoms with Crippen LogP contribution >= 0.6 is 0 Å². The van der Waals surface area contributed by atoms with Crippen LogP contribution in [0.3, 0.4) is 0 Å². The molecule has 0 saturated heterocycles. The molecule has 74 valence electrons. The Kier molecular flexibility index (Phi) is 4.37. The lowest BCUT2D eigenvalue weighted by molar-refractivity contribution is -0.131. The Morgan fingerprint density at radius 3 is 2.86 bits per heavy atom. The van der Waals surface area contributed by atoms with Gasteiger partial charge in [0.1, 0.15) is 0 Å². The van der Waals surface area contributed by atoms with E-state index in [2.05, 4.69) is 4.98 Å². The molecule has 1 rings (SSSR count). The van der Waals surface area contributed by atoms with Gasteiger partial charge in [-0.1, -0.05) is 6.08 Å². The smallest absolute Gasteiger partial charge is 0.328 e. The lowest BCUT2D eigenvalue weighted by atomic mass is 10.3. The maximum Gasteiger partial charge on any atom is 0.328 e. The second-order valence-electron chi connectivity index (χ2n) is 2.61. The maximum atomic E-state index is 10.1. The topological polar surface area (TPSA) is 59.4 Å². The summed E-state index contributed by atoms with van der Waals surface area (Å²) < 4.78 is 5.19. The van der Waals surface area contributed by atoms with Gasteiger partial charge in [0, 0.05) is 18.5 Å². The van der Waals surface area contributed by atoms with Gasteiger partial charge in [-0.25, -0.2) is 4.79 Å². The lowest BCUT2D eigenvalue weighted by Crippen LogP contribution is -1.94. The Hall–Kier alpha value is -1.68. The molecule has 14 heavy (non-hydrogen) atoms. The van der Waals surface area contributed by atoms with E-state index in [1.165, 1.54) is 6.08 Å². The SMILES string of the molecule is O=C(O)/C=C/COCc1ccncc1. The molecule has 0 fully saturated rings. The fraction of sp³-hybridized carbons (Fsp3) is 0.200. The van der Waals surface area contributed by atoms with E-state index in [0.29, 0.717) is 13.2 Å². The van der Waals surface area contributed by atoms with Crippen LogP contribution in [0, 0.1) is 0 Å². The normalized spacial score (nSPS) is 10.6. The molecule has 4 heteroatoms. The van der Waals surface area contributed by atoms with Crippen molar-refractivity contribution in [2.45, 2.75) is 6.61 Å². The van der Waals surface area contributed by atoms with Crippen LogP contribution in [0.25, 0.3) is 0 Å². The fourth-order valence-electron chi connectivity index (χ4n) is 0.873. The van der Waals surface area contributed by atoms with Crippen molar-refractivity contribution in [2.24, 2.45) is 0 Å². The third-order valence-corrected chi connectivity index (χ3v) is 1.49. The molecule has 1 aromatic heterocycles. The van der Waals surface area contributed by atoms with Crippen LogP contribution < -0.4 is 0 Å². The summed E-state index contributed by atoms with van der Waals surface area (Å²) in [5.74, 6) is -0.961. The number of nitrogens with zero attached hydrogens (tertiary/aromatic N) is 1. The molecule has 4 nitrogen and oxygen atoms in total. The molecule has 0 bridgehead atoms. The molecular formula is C10H11NO3. The molecule has 0 aliphatic rings. The summed E-state index contributed by atoms with van der Waals surface area (Å²) in [5, 5.41) is 8.28. The van der Waals surface area contributed by atoms with Gasteiger partial charge in [-0.3, -0.25) is 4.98 Å². The van der Waals surface area contributed by atoms with Crippen LogP contribution in [0.15, 0.2) is 36.7 Å². The van der Waals surface area contributed by atoms with Crippen LogP contribution in [-0.4, -0.2) is 22.7 Å². The maximum absolute atomic E-state index is 10.1. The standard InChI is InChI=1S/C10H11NO3/c12-10(13)2-1-7-14-8-9-3-5-11-6-4-9/h1-6H,7-8H2,(H,12,13)/b2-1+. The van der Waals surface area contributed by atoms with E-state index in [-0.39, 0.29) is 0 Å². The number of hydrogen-bond acceptors (Lipinski definition) is 3. The largest absolute Gasteiger partial charge is 0.478 e. The highest BCUT2D eigenvalue weighted by Gasteiger charge is 1.90. The van der Waals surface area contributed by atoms with E-state index in [1.54, 1.807) is 12.4 Å². The van der Waals surface area contributed by atoms with E-state index in [0.717, 1.165) is 11.6 Å². The van der Waals surface area contributed by atoms with E-state index in [1.807, 2.05) is 12.1 Å². The monoisotopic (exact) mass is 193 g/mol. The molecule has 0 atom stereocenters. The van der Waals surface area contributed by atoms with Crippen molar-refractivity contribution >= 4 is 5.97 Å². The predicted molar refractivity (Wildman–Crippen MR) is 50.7 cm³/mol. The van der Waals surface area contributed by atoms with Crippen molar-refractivity contribution in [3.63, 3.8) is 0 Å². The average molecular weight is 193 g/mol. The first-order valence-electron chi connectivity index (χ1n) is 4.15. The zero-order valence-corrected chi connectivity index (χ0v) is 7.59. The molecule has 0 amide bonds. The molecule has 0 aliphatic heterocycles. The lowest BCUT2D eigenvalue weighted by Gasteiger charge is -1.99. The number of carboxylic acids is 1. The van der Waals surface area contributed by atoms with Crippen LogP contribution in [-0.2, 0) is 16.1 Å². The predicted octanol–water partition coefficient (Wildman–Crippen LogP) is 1.24. The van der Waals surface area contributed by atoms with Gasteiger partial charge in [0.15, 0.2) is 0 Å². The number of carboxylic acid groups (broad SMARTS) is 1. The number of hydrogen-bond donors (Lipinski definition) is 1. The number of rotatable bonds is 5. The molecule has 0 saturated carbocycles. The fourth-order valence-corrected chi connectivity index (χ4v) is 0.873. The van der Waals surface area contributed by atoms with Crippen molar-refractivity contribution in [2.75, 3.05) is 6.61 Å². The quantitative estimate of drug-likeness (QED) is 0.564. The highest BCUT2D eigenvalue weighted by molar-refractivity contribution is 5.79. The second kappa shape index (κ2) is 5.88. The Balaban J connectivity index is 2.19. The Bertz CT molecular complexity index is 308. The molecule has 0 aromatic carbocycles. The summed E-state index contributed by atoms with van der Waals surface area (Å²) in [5.41, 5.74) is 1.02. The number of aliphatic carboxylic acids is 1. The number of carbonyl (C=O) groups is 1. The minimum Gasteiger partial charge on any atom is -0.478 e. The summed E-state index contributed by atoms with van der Waals surface area (Å²) in [6.07, 6.45) is 5.90. The van der Waals surface area contributed by atoms with Gasteiger partial charge in [0.25, 0.3) is 0 Å². The Labute approximate surface area is 81.9 Å². The molecule has 1 N–H and O–H groups in total. The van der Waals surface area contributed by atoms with E-state index < -0.39 is 5.97 Å². The van der Waals surface area contributed by atoms with Gasteiger partial charge < -0.3 is 9.84 Å². The molecule has 1 aromatic rings. The van der Waals surface area contributed by atoms with Gasteiger partial charge in [-0.05, 0) is 17.7 Å². The third-order valence-electron chi connectivity index (χ3n) is 1.49. The molecule has 0 aliphatic carbocycles. The van der Waals surface area contributed by atoms with Crippen molar-refractivity contribution in [3.05, 3.63) is 42.2 Å². The van der Waals surface area contributed by atoms with Crippen molar-refractivity contribution in [3.8, 4) is 0 Å². The molecular weight excluding hydrogens is 182 g/mol. The van der Waals surface area contributed by atoms with Gasteiger partial charge in [-0.2, -0.15) is 0 Å². The van der Waals surface area contributed by atoms with Gasteiger partial charge in [0.2, 0.25) is 0 Å². The van der Waals surface area contributed by atoms with E-state index >= 15 is 0 Å². The summed E-state index contributed by atoms with van der Waals surface area (Å²) in [6.45, 7) is 0.765. The highest BCUT2D eigenvalue weighted by atomic mass is 16.5. The van der Waals surface area contributed by atoms with Gasteiger partial charge in [-0.15, -0.1) is 0 Å². The number of ether oxygens (including phenoxy) is 1.